The summed E-state index contributed by atoms with van der Waals surface area (Å²) in [6.07, 6.45) is 1.63. The van der Waals surface area contributed by atoms with Crippen molar-refractivity contribution in [2.45, 2.75) is 26.7 Å². The molecule has 0 bridgehead atoms. The van der Waals surface area contributed by atoms with Gasteiger partial charge in [-0.2, -0.15) is 0 Å². The van der Waals surface area contributed by atoms with Crippen LogP contribution in [0.2, 0.25) is 0 Å². The number of hydrogen-bond acceptors (Lipinski definition) is 3. The second kappa shape index (κ2) is 5.91. The second-order valence-electron chi connectivity index (χ2n) is 4.54. The third kappa shape index (κ3) is 3.05. The molecule has 0 spiro atoms. The van der Waals surface area contributed by atoms with Gasteiger partial charge >= 0.3 is 0 Å². The van der Waals surface area contributed by atoms with E-state index in [9.17, 15) is 4.79 Å². The summed E-state index contributed by atoms with van der Waals surface area (Å²) in [5.41, 5.74) is 1.96. The molecular formula is C15H17NOS. The van der Waals surface area contributed by atoms with Crippen LogP contribution in [0, 0.1) is 5.92 Å². The fourth-order valence-electron chi connectivity index (χ4n) is 1.69. The van der Waals surface area contributed by atoms with E-state index >= 15 is 0 Å². The third-order valence-electron chi connectivity index (χ3n) is 3.04. The molecule has 1 aromatic heterocycles. The monoisotopic (exact) mass is 259 g/mol. The summed E-state index contributed by atoms with van der Waals surface area (Å²) in [5, 5.41) is 2.59. The Labute approximate surface area is 112 Å². The Morgan fingerprint density at radius 3 is 2.72 bits per heavy atom. The van der Waals surface area contributed by atoms with E-state index in [0.717, 1.165) is 17.7 Å². The van der Waals surface area contributed by atoms with Crippen LogP contribution in [0.4, 0.5) is 0 Å². The lowest BCUT2D eigenvalue weighted by Gasteiger charge is -2.04. The van der Waals surface area contributed by atoms with E-state index in [1.807, 2.05) is 35.7 Å². The summed E-state index contributed by atoms with van der Waals surface area (Å²) in [7, 11) is 0. The molecule has 1 atom stereocenters. The highest BCUT2D eigenvalue weighted by Gasteiger charge is 2.14. The van der Waals surface area contributed by atoms with Crippen molar-refractivity contribution in [3.8, 4) is 11.3 Å². The summed E-state index contributed by atoms with van der Waals surface area (Å²) < 4.78 is 0. The van der Waals surface area contributed by atoms with Crippen molar-refractivity contribution in [2.24, 2.45) is 5.92 Å². The first-order valence-corrected chi connectivity index (χ1v) is 7.12. The Bertz CT molecular complexity index is 518. The number of carbonyl (C=O) groups excluding carboxylic acids is 1. The SMILES string of the molecule is CCC(C)CC(=O)c1nc(-c2ccccc2)cs1. The number of ketones is 1. The van der Waals surface area contributed by atoms with Crippen molar-refractivity contribution < 1.29 is 4.79 Å². The first kappa shape index (κ1) is 13.0. The van der Waals surface area contributed by atoms with Gasteiger partial charge in [0.15, 0.2) is 10.8 Å². The Kier molecular flexibility index (Phi) is 4.26. The van der Waals surface area contributed by atoms with Crippen LogP contribution in [-0.2, 0) is 0 Å². The van der Waals surface area contributed by atoms with Gasteiger partial charge in [0, 0.05) is 17.4 Å². The molecule has 0 aliphatic heterocycles. The van der Waals surface area contributed by atoms with Gasteiger partial charge in [0.2, 0.25) is 0 Å². The number of benzene rings is 1. The van der Waals surface area contributed by atoms with Gasteiger partial charge in [-0.05, 0) is 5.92 Å². The van der Waals surface area contributed by atoms with E-state index in [1.165, 1.54) is 11.3 Å². The van der Waals surface area contributed by atoms with E-state index in [1.54, 1.807) is 0 Å². The number of Topliss-reactive ketones (excluding diaryl/α,β-unsaturated/α-hetero) is 1. The van der Waals surface area contributed by atoms with E-state index in [0.29, 0.717) is 17.3 Å². The normalized spacial score (nSPS) is 12.3. The Balaban J connectivity index is 2.13. The molecule has 2 nitrogen and oxygen atoms in total. The largest absolute Gasteiger partial charge is 0.292 e. The molecule has 2 rings (SSSR count). The molecule has 0 aliphatic rings. The average molecular weight is 259 g/mol. The highest BCUT2D eigenvalue weighted by Crippen LogP contribution is 2.23. The molecule has 0 saturated carbocycles. The number of aromatic nitrogens is 1. The highest BCUT2D eigenvalue weighted by atomic mass is 32.1. The van der Waals surface area contributed by atoms with Crippen LogP contribution in [0.25, 0.3) is 11.3 Å². The quantitative estimate of drug-likeness (QED) is 0.743. The van der Waals surface area contributed by atoms with Crippen LogP contribution in [-0.4, -0.2) is 10.8 Å². The van der Waals surface area contributed by atoms with Gasteiger partial charge in [0.25, 0.3) is 0 Å². The maximum atomic E-state index is 12.0. The van der Waals surface area contributed by atoms with Crippen molar-refractivity contribution in [3.63, 3.8) is 0 Å². The second-order valence-corrected chi connectivity index (χ2v) is 5.40. The lowest BCUT2D eigenvalue weighted by atomic mass is 10.0. The van der Waals surface area contributed by atoms with Gasteiger partial charge in [-0.3, -0.25) is 4.79 Å². The number of rotatable bonds is 5. The van der Waals surface area contributed by atoms with Crippen molar-refractivity contribution in [2.75, 3.05) is 0 Å². The predicted molar refractivity (Wildman–Crippen MR) is 76.0 cm³/mol. The fourth-order valence-corrected chi connectivity index (χ4v) is 2.47. The molecule has 1 heterocycles. The molecule has 1 unspecified atom stereocenters. The molecular weight excluding hydrogens is 242 g/mol. The summed E-state index contributed by atoms with van der Waals surface area (Å²) in [4.78, 5) is 16.4. The first-order chi connectivity index (χ1) is 8.70. The van der Waals surface area contributed by atoms with Crippen LogP contribution in [0.15, 0.2) is 35.7 Å². The van der Waals surface area contributed by atoms with Crippen LogP contribution < -0.4 is 0 Å². The van der Waals surface area contributed by atoms with Gasteiger partial charge in [-0.15, -0.1) is 11.3 Å². The van der Waals surface area contributed by atoms with Crippen molar-refractivity contribution in [1.82, 2.24) is 4.98 Å². The van der Waals surface area contributed by atoms with E-state index in [2.05, 4.69) is 18.8 Å². The zero-order valence-corrected chi connectivity index (χ0v) is 11.5. The summed E-state index contributed by atoms with van der Waals surface area (Å²) in [5.74, 6) is 0.595. The summed E-state index contributed by atoms with van der Waals surface area (Å²) >= 11 is 1.44. The number of carbonyl (C=O) groups is 1. The maximum absolute atomic E-state index is 12.0. The van der Waals surface area contributed by atoms with Crippen LogP contribution >= 0.6 is 11.3 Å². The molecule has 0 amide bonds. The molecule has 2 aromatic rings. The Morgan fingerprint density at radius 2 is 2.06 bits per heavy atom. The zero-order chi connectivity index (χ0) is 13.0. The Morgan fingerprint density at radius 1 is 1.33 bits per heavy atom. The van der Waals surface area contributed by atoms with Gasteiger partial charge < -0.3 is 0 Å². The van der Waals surface area contributed by atoms with Crippen LogP contribution in [0.3, 0.4) is 0 Å². The summed E-state index contributed by atoms with van der Waals surface area (Å²) in [6.45, 7) is 4.21. The van der Waals surface area contributed by atoms with Crippen molar-refractivity contribution in [3.05, 3.63) is 40.7 Å². The van der Waals surface area contributed by atoms with Crippen LogP contribution in [0.1, 0.15) is 36.5 Å². The summed E-state index contributed by atoms with van der Waals surface area (Å²) in [6, 6.07) is 9.96. The maximum Gasteiger partial charge on any atom is 0.191 e. The lowest BCUT2D eigenvalue weighted by molar-refractivity contribution is 0.0963. The topological polar surface area (TPSA) is 30.0 Å². The van der Waals surface area contributed by atoms with E-state index < -0.39 is 0 Å². The van der Waals surface area contributed by atoms with Gasteiger partial charge in [-0.25, -0.2) is 4.98 Å². The number of hydrogen-bond donors (Lipinski definition) is 0. The molecule has 0 radical (unpaired) electrons. The molecule has 0 N–H and O–H groups in total. The van der Waals surface area contributed by atoms with Gasteiger partial charge in [-0.1, -0.05) is 50.6 Å². The first-order valence-electron chi connectivity index (χ1n) is 6.25. The number of nitrogens with zero attached hydrogens (tertiary/aromatic N) is 1. The standard InChI is InChI=1S/C15H17NOS/c1-3-11(2)9-14(17)15-16-13(10-18-15)12-7-5-4-6-8-12/h4-8,10-11H,3,9H2,1-2H3. The molecule has 1 aromatic carbocycles. The Hall–Kier alpha value is -1.48. The molecule has 3 heteroatoms. The highest BCUT2D eigenvalue weighted by molar-refractivity contribution is 7.12. The molecule has 0 fully saturated rings. The van der Waals surface area contributed by atoms with Gasteiger partial charge in [0.05, 0.1) is 5.69 Å². The minimum Gasteiger partial charge on any atom is -0.292 e. The predicted octanol–water partition coefficient (Wildman–Crippen LogP) is 4.43. The van der Waals surface area contributed by atoms with Crippen LogP contribution in [0.5, 0.6) is 0 Å². The minimum absolute atomic E-state index is 0.163. The smallest absolute Gasteiger partial charge is 0.191 e. The molecule has 18 heavy (non-hydrogen) atoms. The van der Waals surface area contributed by atoms with E-state index in [-0.39, 0.29) is 5.78 Å². The van der Waals surface area contributed by atoms with Crippen molar-refractivity contribution in [1.29, 1.82) is 0 Å². The number of thiazole rings is 1. The minimum atomic E-state index is 0.163. The third-order valence-corrected chi connectivity index (χ3v) is 3.93. The average Bonchev–Trinajstić information content (AvgIpc) is 2.89. The zero-order valence-electron chi connectivity index (χ0n) is 10.7. The fraction of sp³-hybridized carbons (Fsp3) is 0.333. The molecule has 0 saturated heterocycles. The van der Waals surface area contributed by atoms with Gasteiger partial charge in [0.1, 0.15) is 0 Å². The lowest BCUT2D eigenvalue weighted by Crippen LogP contribution is -2.04. The molecule has 94 valence electrons. The van der Waals surface area contributed by atoms with Crippen molar-refractivity contribution >= 4 is 17.1 Å². The molecule has 0 aliphatic carbocycles. The van der Waals surface area contributed by atoms with E-state index in [4.69, 9.17) is 0 Å².